The Hall–Kier alpha value is -1.78. The molecule has 114 valence electrons. The second-order valence-electron chi connectivity index (χ2n) is 5.46. The molecule has 2 aromatic rings. The topological polar surface area (TPSA) is 49.4 Å². The van der Waals surface area contributed by atoms with Gasteiger partial charge >= 0.3 is 0 Å². The third-order valence-corrected chi connectivity index (χ3v) is 3.69. The van der Waals surface area contributed by atoms with Crippen LogP contribution in [0.4, 0.5) is 5.69 Å². The highest BCUT2D eigenvalue weighted by atomic mass is 17.2. The SMILES string of the molecule is CCOOCc1c(N)c(-c2c(C)cc(C)cc2C)cn1C. The average Bonchev–Trinajstić information content (AvgIpc) is 2.66. The Morgan fingerprint density at radius 1 is 1.10 bits per heavy atom. The first kappa shape index (κ1) is 15.6. The van der Waals surface area contributed by atoms with E-state index in [2.05, 4.69) is 39.1 Å². The number of nitrogens with two attached hydrogens (primary N) is 1. The largest absolute Gasteiger partial charge is 0.397 e. The van der Waals surface area contributed by atoms with Gasteiger partial charge in [-0.3, -0.25) is 0 Å². The molecule has 0 atom stereocenters. The van der Waals surface area contributed by atoms with Crippen molar-refractivity contribution < 1.29 is 9.78 Å². The summed E-state index contributed by atoms with van der Waals surface area (Å²) >= 11 is 0. The van der Waals surface area contributed by atoms with Gasteiger partial charge in [-0.05, 0) is 44.4 Å². The Balaban J connectivity index is 2.44. The number of aromatic nitrogens is 1. The number of hydrogen-bond donors (Lipinski definition) is 1. The molecule has 0 radical (unpaired) electrons. The third kappa shape index (κ3) is 3.12. The molecule has 0 aliphatic rings. The van der Waals surface area contributed by atoms with Gasteiger partial charge in [-0.15, -0.1) is 0 Å². The molecule has 0 aliphatic heterocycles. The van der Waals surface area contributed by atoms with Crippen molar-refractivity contribution in [3.8, 4) is 11.1 Å². The monoisotopic (exact) mass is 288 g/mol. The van der Waals surface area contributed by atoms with Crippen LogP contribution in [0.5, 0.6) is 0 Å². The Bertz CT molecular complexity index is 621. The second kappa shape index (κ2) is 6.33. The van der Waals surface area contributed by atoms with Crippen molar-refractivity contribution in [1.29, 1.82) is 0 Å². The standard InChI is InChI=1S/C17H24N2O2/c1-6-20-21-10-15-17(18)14(9-19(15)5)16-12(3)7-11(2)8-13(16)4/h7-9H,6,10,18H2,1-5H3. The maximum Gasteiger partial charge on any atom is 0.124 e. The minimum absolute atomic E-state index is 0.347. The molecule has 0 saturated heterocycles. The van der Waals surface area contributed by atoms with E-state index in [0.717, 1.165) is 16.9 Å². The van der Waals surface area contributed by atoms with Crippen molar-refractivity contribution in [3.63, 3.8) is 0 Å². The number of nitrogens with zero attached hydrogens (tertiary/aromatic N) is 1. The molecular formula is C17H24N2O2. The van der Waals surface area contributed by atoms with Crippen LogP contribution in [0.2, 0.25) is 0 Å². The molecule has 4 heteroatoms. The van der Waals surface area contributed by atoms with E-state index in [0.29, 0.717) is 13.2 Å². The lowest BCUT2D eigenvalue weighted by atomic mass is 9.94. The first-order valence-electron chi connectivity index (χ1n) is 7.22. The number of aryl methyl sites for hydroxylation is 4. The predicted octanol–water partition coefficient (Wildman–Crippen LogP) is 3.67. The van der Waals surface area contributed by atoms with Gasteiger partial charge < -0.3 is 10.3 Å². The second-order valence-corrected chi connectivity index (χ2v) is 5.46. The zero-order valence-electron chi connectivity index (χ0n) is 13.5. The fourth-order valence-electron chi connectivity index (χ4n) is 2.85. The minimum atomic E-state index is 0.347. The summed E-state index contributed by atoms with van der Waals surface area (Å²) in [4.78, 5) is 10.1. The maximum absolute atomic E-state index is 6.34. The lowest BCUT2D eigenvalue weighted by Crippen LogP contribution is -2.03. The molecule has 1 aromatic heterocycles. The zero-order chi connectivity index (χ0) is 15.6. The van der Waals surface area contributed by atoms with Crippen LogP contribution in [0, 0.1) is 20.8 Å². The van der Waals surface area contributed by atoms with Crippen molar-refractivity contribution in [2.24, 2.45) is 7.05 Å². The molecule has 1 heterocycles. The van der Waals surface area contributed by atoms with Gasteiger partial charge in [-0.1, -0.05) is 17.7 Å². The fraction of sp³-hybridized carbons (Fsp3) is 0.412. The van der Waals surface area contributed by atoms with Crippen molar-refractivity contribution >= 4 is 5.69 Å². The fourth-order valence-corrected chi connectivity index (χ4v) is 2.85. The first-order chi connectivity index (χ1) is 9.95. The summed E-state index contributed by atoms with van der Waals surface area (Å²) in [5.74, 6) is 0. The zero-order valence-corrected chi connectivity index (χ0v) is 13.5. The summed E-state index contributed by atoms with van der Waals surface area (Å²) in [6.07, 6.45) is 2.06. The van der Waals surface area contributed by atoms with Crippen LogP contribution in [0.25, 0.3) is 11.1 Å². The van der Waals surface area contributed by atoms with Gasteiger partial charge in [0.1, 0.15) is 6.61 Å². The van der Waals surface area contributed by atoms with Crippen LogP contribution in [0.15, 0.2) is 18.3 Å². The van der Waals surface area contributed by atoms with Crippen LogP contribution in [0.3, 0.4) is 0 Å². The van der Waals surface area contributed by atoms with Crippen LogP contribution < -0.4 is 5.73 Å². The first-order valence-corrected chi connectivity index (χ1v) is 7.22. The van der Waals surface area contributed by atoms with Crippen LogP contribution in [0.1, 0.15) is 29.3 Å². The maximum atomic E-state index is 6.34. The third-order valence-electron chi connectivity index (χ3n) is 3.69. The molecule has 4 nitrogen and oxygen atoms in total. The smallest absolute Gasteiger partial charge is 0.124 e. The Labute approximate surface area is 126 Å². The average molecular weight is 288 g/mol. The number of anilines is 1. The number of nitrogen functional groups attached to an aromatic ring is 1. The van der Waals surface area contributed by atoms with Gasteiger partial charge in [0.25, 0.3) is 0 Å². The summed E-state index contributed by atoms with van der Waals surface area (Å²) < 4.78 is 2.00. The van der Waals surface area contributed by atoms with E-state index in [9.17, 15) is 0 Å². The predicted molar refractivity (Wildman–Crippen MR) is 85.9 cm³/mol. The summed E-state index contributed by atoms with van der Waals surface area (Å²) in [7, 11) is 1.98. The van der Waals surface area contributed by atoms with Crippen molar-refractivity contribution in [3.05, 3.63) is 40.7 Å². The lowest BCUT2D eigenvalue weighted by molar-refractivity contribution is -0.301. The van der Waals surface area contributed by atoms with Gasteiger partial charge in [0.2, 0.25) is 0 Å². The molecule has 2 rings (SSSR count). The molecular weight excluding hydrogens is 264 g/mol. The molecule has 0 aliphatic carbocycles. The molecule has 0 bridgehead atoms. The molecule has 0 unspecified atom stereocenters. The van der Waals surface area contributed by atoms with Crippen LogP contribution in [-0.2, 0) is 23.4 Å². The number of rotatable bonds is 5. The number of benzene rings is 1. The number of hydrogen-bond acceptors (Lipinski definition) is 3. The molecule has 0 saturated carbocycles. The van der Waals surface area contributed by atoms with Gasteiger partial charge in [-0.2, -0.15) is 0 Å². The summed E-state index contributed by atoms with van der Waals surface area (Å²) in [6, 6.07) is 4.37. The molecule has 0 fully saturated rings. The Morgan fingerprint density at radius 3 is 2.29 bits per heavy atom. The molecule has 21 heavy (non-hydrogen) atoms. The molecule has 2 N–H and O–H groups in total. The highest BCUT2D eigenvalue weighted by Gasteiger charge is 2.16. The Morgan fingerprint density at radius 2 is 1.71 bits per heavy atom. The van der Waals surface area contributed by atoms with Crippen molar-refractivity contribution in [2.45, 2.75) is 34.3 Å². The van der Waals surface area contributed by atoms with Gasteiger partial charge in [-0.25, -0.2) is 9.78 Å². The summed E-state index contributed by atoms with van der Waals surface area (Å²) in [5.41, 5.74) is 14.0. The van der Waals surface area contributed by atoms with Crippen molar-refractivity contribution in [2.75, 3.05) is 12.3 Å². The van der Waals surface area contributed by atoms with E-state index in [1.165, 1.54) is 22.3 Å². The lowest BCUT2D eigenvalue weighted by Gasteiger charge is -2.11. The van der Waals surface area contributed by atoms with E-state index in [1.807, 2.05) is 18.5 Å². The van der Waals surface area contributed by atoms with Gasteiger partial charge in [0, 0.05) is 18.8 Å². The van der Waals surface area contributed by atoms with Crippen LogP contribution in [-0.4, -0.2) is 11.2 Å². The highest BCUT2D eigenvalue weighted by Crippen LogP contribution is 2.35. The van der Waals surface area contributed by atoms with Crippen LogP contribution >= 0.6 is 0 Å². The quantitative estimate of drug-likeness (QED) is 0.519. The van der Waals surface area contributed by atoms with Gasteiger partial charge in [0.15, 0.2) is 0 Å². The van der Waals surface area contributed by atoms with E-state index in [-0.39, 0.29) is 0 Å². The molecule has 1 aromatic carbocycles. The normalized spacial score (nSPS) is 11.1. The van der Waals surface area contributed by atoms with Crippen molar-refractivity contribution in [1.82, 2.24) is 4.57 Å². The summed E-state index contributed by atoms with van der Waals surface area (Å²) in [6.45, 7) is 9.11. The summed E-state index contributed by atoms with van der Waals surface area (Å²) in [5, 5.41) is 0. The van der Waals surface area contributed by atoms with Gasteiger partial charge in [0.05, 0.1) is 18.0 Å². The Kier molecular flexibility index (Phi) is 4.70. The molecule has 0 amide bonds. The highest BCUT2D eigenvalue weighted by molar-refractivity contribution is 5.82. The van der Waals surface area contributed by atoms with E-state index < -0.39 is 0 Å². The van der Waals surface area contributed by atoms with E-state index >= 15 is 0 Å². The van der Waals surface area contributed by atoms with E-state index in [1.54, 1.807) is 0 Å². The van der Waals surface area contributed by atoms with E-state index in [4.69, 9.17) is 15.5 Å². The molecule has 0 spiro atoms. The minimum Gasteiger partial charge on any atom is -0.397 e.